The summed E-state index contributed by atoms with van der Waals surface area (Å²) < 4.78 is 5.24. The van der Waals surface area contributed by atoms with Gasteiger partial charge in [0.2, 0.25) is 5.88 Å². The molecule has 0 unspecified atom stereocenters. The molecule has 21 heavy (non-hydrogen) atoms. The molecule has 0 saturated heterocycles. The largest absolute Gasteiger partial charge is 0.481 e. The Morgan fingerprint density at radius 3 is 3.05 bits per heavy atom. The van der Waals surface area contributed by atoms with Gasteiger partial charge in [-0.2, -0.15) is 0 Å². The molecule has 2 aromatic rings. The van der Waals surface area contributed by atoms with Gasteiger partial charge in [-0.1, -0.05) is 12.1 Å². The molecule has 2 N–H and O–H groups in total. The minimum atomic E-state index is 0.00876. The number of carbonyl (C=O) groups excluding carboxylic acids is 1. The summed E-state index contributed by atoms with van der Waals surface area (Å²) in [5.41, 5.74) is 9.06. The third kappa shape index (κ3) is 2.54. The number of nitrogens with two attached hydrogens (primary N) is 1. The molecule has 1 amide bonds. The van der Waals surface area contributed by atoms with E-state index in [0.717, 1.165) is 17.5 Å². The summed E-state index contributed by atoms with van der Waals surface area (Å²) in [4.78, 5) is 18.6. The highest BCUT2D eigenvalue weighted by Gasteiger charge is 2.25. The predicted molar refractivity (Wildman–Crippen MR) is 80.1 cm³/mol. The number of nitrogen functional groups attached to an aromatic ring is 1. The van der Waals surface area contributed by atoms with Gasteiger partial charge in [0, 0.05) is 29.6 Å². The van der Waals surface area contributed by atoms with E-state index in [1.54, 1.807) is 24.3 Å². The highest BCUT2D eigenvalue weighted by Crippen LogP contribution is 2.24. The Bertz CT molecular complexity index is 685. The maximum absolute atomic E-state index is 12.6. The predicted octanol–water partition coefficient (Wildman–Crippen LogP) is 1.87. The summed E-state index contributed by atoms with van der Waals surface area (Å²) in [5.74, 6) is 0.568. The Morgan fingerprint density at radius 1 is 1.38 bits per heavy atom. The van der Waals surface area contributed by atoms with Crippen molar-refractivity contribution in [2.75, 3.05) is 19.4 Å². The molecule has 0 aliphatic carbocycles. The first-order valence-electron chi connectivity index (χ1n) is 6.84. The fraction of sp³-hybridized carbons (Fsp3) is 0.250. The van der Waals surface area contributed by atoms with Gasteiger partial charge in [-0.15, -0.1) is 0 Å². The third-order valence-corrected chi connectivity index (χ3v) is 3.71. The summed E-state index contributed by atoms with van der Waals surface area (Å²) >= 11 is 0. The monoisotopic (exact) mass is 283 g/mol. The van der Waals surface area contributed by atoms with E-state index in [0.29, 0.717) is 30.2 Å². The maximum atomic E-state index is 12.6. The van der Waals surface area contributed by atoms with Gasteiger partial charge in [0.05, 0.1) is 13.7 Å². The maximum Gasteiger partial charge on any atom is 0.254 e. The van der Waals surface area contributed by atoms with Crippen molar-refractivity contribution in [1.82, 2.24) is 9.88 Å². The molecule has 0 atom stereocenters. The fourth-order valence-corrected chi connectivity index (χ4v) is 2.62. The van der Waals surface area contributed by atoms with Crippen LogP contribution in [0.5, 0.6) is 5.88 Å². The topological polar surface area (TPSA) is 68.4 Å². The molecule has 1 aromatic heterocycles. The molecule has 5 heteroatoms. The molecule has 1 aliphatic rings. The van der Waals surface area contributed by atoms with Crippen LogP contribution >= 0.6 is 0 Å². The van der Waals surface area contributed by atoms with Crippen molar-refractivity contribution < 1.29 is 9.53 Å². The van der Waals surface area contributed by atoms with E-state index in [9.17, 15) is 4.79 Å². The van der Waals surface area contributed by atoms with Crippen molar-refractivity contribution in [3.8, 4) is 5.88 Å². The molecule has 108 valence electrons. The lowest BCUT2D eigenvalue weighted by Crippen LogP contribution is -2.37. The normalized spacial score (nSPS) is 14.0. The van der Waals surface area contributed by atoms with Crippen LogP contribution in [0.4, 0.5) is 5.69 Å². The van der Waals surface area contributed by atoms with Crippen molar-refractivity contribution in [2.24, 2.45) is 0 Å². The van der Waals surface area contributed by atoms with Gasteiger partial charge in [-0.3, -0.25) is 4.79 Å². The van der Waals surface area contributed by atoms with Gasteiger partial charge in [-0.25, -0.2) is 4.98 Å². The van der Waals surface area contributed by atoms with Crippen LogP contribution in [0, 0.1) is 0 Å². The zero-order valence-electron chi connectivity index (χ0n) is 11.9. The average Bonchev–Trinajstić information content (AvgIpc) is 2.51. The summed E-state index contributed by atoms with van der Waals surface area (Å²) in [7, 11) is 1.58. The average molecular weight is 283 g/mol. The van der Waals surface area contributed by atoms with E-state index < -0.39 is 0 Å². The second kappa shape index (κ2) is 5.44. The van der Waals surface area contributed by atoms with Crippen molar-refractivity contribution in [1.29, 1.82) is 0 Å². The summed E-state index contributed by atoms with van der Waals surface area (Å²) in [6.07, 6.45) is 2.51. The van der Waals surface area contributed by atoms with Crippen molar-refractivity contribution in [3.63, 3.8) is 0 Å². The number of aromatic nitrogens is 1. The molecule has 1 aliphatic heterocycles. The molecular weight excluding hydrogens is 266 g/mol. The molecule has 3 rings (SSSR count). The number of rotatable bonds is 3. The number of benzene rings is 1. The van der Waals surface area contributed by atoms with E-state index in [1.807, 2.05) is 24.3 Å². The second-order valence-electron chi connectivity index (χ2n) is 5.07. The zero-order valence-corrected chi connectivity index (χ0v) is 11.9. The molecule has 2 heterocycles. The zero-order chi connectivity index (χ0) is 14.8. The van der Waals surface area contributed by atoms with E-state index in [1.165, 1.54) is 0 Å². The number of pyridine rings is 1. The Kier molecular flexibility index (Phi) is 3.48. The van der Waals surface area contributed by atoms with E-state index in [-0.39, 0.29) is 5.91 Å². The Morgan fingerprint density at radius 2 is 2.24 bits per heavy atom. The first-order chi connectivity index (χ1) is 10.2. The first kappa shape index (κ1) is 13.4. The lowest BCUT2D eigenvalue weighted by Gasteiger charge is -2.29. The van der Waals surface area contributed by atoms with Crippen LogP contribution in [0.3, 0.4) is 0 Å². The van der Waals surface area contributed by atoms with Crippen LogP contribution in [-0.2, 0) is 13.0 Å². The van der Waals surface area contributed by atoms with E-state index >= 15 is 0 Å². The van der Waals surface area contributed by atoms with Crippen LogP contribution in [-0.4, -0.2) is 29.4 Å². The number of hydrogen-bond donors (Lipinski definition) is 1. The van der Waals surface area contributed by atoms with Crippen LogP contribution in [0.1, 0.15) is 21.5 Å². The number of nitrogens with zero attached hydrogens (tertiary/aromatic N) is 2. The van der Waals surface area contributed by atoms with Gasteiger partial charge in [0.15, 0.2) is 0 Å². The molecular formula is C16H17N3O2. The van der Waals surface area contributed by atoms with Crippen LogP contribution in [0.15, 0.2) is 36.5 Å². The van der Waals surface area contributed by atoms with Crippen molar-refractivity contribution in [2.45, 2.75) is 13.0 Å². The number of hydrogen-bond acceptors (Lipinski definition) is 4. The van der Waals surface area contributed by atoms with Gasteiger partial charge < -0.3 is 15.4 Å². The first-order valence-corrected chi connectivity index (χ1v) is 6.84. The number of methoxy groups -OCH3 is 1. The molecule has 1 aromatic carbocycles. The van der Waals surface area contributed by atoms with Crippen LogP contribution in [0.25, 0.3) is 0 Å². The van der Waals surface area contributed by atoms with Gasteiger partial charge in [0.25, 0.3) is 5.91 Å². The number of fused-ring (bicyclic) bond motifs is 1. The van der Waals surface area contributed by atoms with Crippen LogP contribution in [0.2, 0.25) is 0 Å². The van der Waals surface area contributed by atoms with Gasteiger partial charge in [-0.05, 0) is 30.2 Å². The number of carbonyl (C=O) groups is 1. The fourth-order valence-electron chi connectivity index (χ4n) is 2.62. The van der Waals surface area contributed by atoms with E-state index in [2.05, 4.69) is 4.98 Å². The minimum absolute atomic E-state index is 0.00876. The quantitative estimate of drug-likeness (QED) is 0.873. The lowest BCUT2D eigenvalue weighted by molar-refractivity contribution is 0.0725. The molecule has 0 fully saturated rings. The smallest absolute Gasteiger partial charge is 0.254 e. The highest BCUT2D eigenvalue weighted by atomic mass is 16.5. The highest BCUT2D eigenvalue weighted by molar-refractivity contribution is 5.97. The number of amides is 1. The third-order valence-electron chi connectivity index (χ3n) is 3.71. The van der Waals surface area contributed by atoms with Crippen molar-refractivity contribution >= 4 is 11.6 Å². The van der Waals surface area contributed by atoms with Gasteiger partial charge in [0.1, 0.15) is 0 Å². The minimum Gasteiger partial charge on any atom is -0.481 e. The lowest BCUT2D eigenvalue weighted by atomic mass is 9.98. The molecule has 0 saturated carbocycles. The van der Waals surface area contributed by atoms with E-state index in [4.69, 9.17) is 10.5 Å². The number of ether oxygens (including phenoxy) is 1. The molecule has 0 radical (unpaired) electrons. The molecule has 0 spiro atoms. The van der Waals surface area contributed by atoms with Crippen molar-refractivity contribution in [3.05, 3.63) is 53.2 Å². The summed E-state index contributed by atoms with van der Waals surface area (Å²) in [6, 6.07) is 9.30. The summed E-state index contributed by atoms with van der Waals surface area (Å²) in [5, 5.41) is 0. The second-order valence-corrected chi connectivity index (χ2v) is 5.07. The SMILES string of the molecule is COc1ncccc1CN1CCc2ccc(N)cc2C1=O. The molecule has 5 nitrogen and oxygen atoms in total. The van der Waals surface area contributed by atoms with Crippen LogP contribution < -0.4 is 10.5 Å². The standard InChI is InChI=1S/C16H17N3O2/c1-21-15-12(3-2-7-18-15)10-19-8-6-11-4-5-13(17)9-14(11)16(19)20/h2-5,7,9H,6,8,10,17H2,1H3. The Labute approximate surface area is 123 Å². The summed E-state index contributed by atoms with van der Waals surface area (Å²) in [6.45, 7) is 1.18. The number of anilines is 1. The Balaban J connectivity index is 1.87. The Hall–Kier alpha value is -2.56. The molecule has 0 bridgehead atoms. The van der Waals surface area contributed by atoms with Gasteiger partial charge >= 0.3 is 0 Å².